The Labute approximate surface area is 121 Å². The molecule has 1 aromatic carbocycles. The topological polar surface area (TPSA) is 67.8 Å². The number of aliphatic hydroxyl groups is 1. The zero-order valence-corrected chi connectivity index (χ0v) is 12.8. The Hall–Kier alpha value is -1.27. The molecular weight excluding hydrogens is 314 g/mol. The number of aliphatic hydroxyl groups excluding tert-OH is 1. The minimum atomic E-state index is -0.308. The van der Waals surface area contributed by atoms with Crippen molar-refractivity contribution >= 4 is 21.8 Å². The number of methoxy groups -OCH3 is 2. The maximum absolute atomic E-state index is 12.2. The van der Waals surface area contributed by atoms with Crippen molar-refractivity contribution in [2.75, 3.05) is 20.8 Å². The van der Waals surface area contributed by atoms with Gasteiger partial charge in [0.2, 0.25) is 0 Å². The lowest BCUT2D eigenvalue weighted by Gasteiger charge is -2.17. The van der Waals surface area contributed by atoms with Crippen LogP contribution in [-0.4, -0.2) is 37.9 Å². The average molecular weight is 332 g/mol. The lowest BCUT2D eigenvalue weighted by molar-refractivity contribution is 0.0911. The van der Waals surface area contributed by atoms with E-state index in [-0.39, 0.29) is 18.6 Å². The summed E-state index contributed by atoms with van der Waals surface area (Å²) in [6.45, 7) is 1.79. The number of nitrogens with one attached hydrogen (secondary N) is 1. The van der Waals surface area contributed by atoms with Gasteiger partial charge in [0, 0.05) is 0 Å². The minimum Gasteiger partial charge on any atom is -0.497 e. The zero-order valence-electron chi connectivity index (χ0n) is 11.2. The first-order chi connectivity index (χ1) is 9.07. The lowest BCUT2D eigenvalue weighted by Crippen LogP contribution is -2.37. The number of halogens is 1. The predicted molar refractivity (Wildman–Crippen MR) is 75.9 cm³/mol. The van der Waals surface area contributed by atoms with Crippen molar-refractivity contribution in [2.24, 2.45) is 0 Å². The zero-order chi connectivity index (χ0) is 14.4. The fourth-order valence-electron chi connectivity index (χ4n) is 1.60. The van der Waals surface area contributed by atoms with E-state index in [1.54, 1.807) is 12.1 Å². The minimum absolute atomic E-state index is 0.101. The number of benzene rings is 1. The molecule has 0 radical (unpaired) electrons. The highest BCUT2D eigenvalue weighted by molar-refractivity contribution is 9.10. The number of hydrogen-bond acceptors (Lipinski definition) is 4. The molecule has 6 heteroatoms. The van der Waals surface area contributed by atoms with Crippen LogP contribution in [0.4, 0.5) is 0 Å². The van der Waals surface area contributed by atoms with Crippen molar-refractivity contribution in [1.29, 1.82) is 0 Å². The molecule has 1 aromatic rings. The van der Waals surface area contributed by atoms with Gasteiger partial charge in [0.25, 0.3) is 5.91 Å². The van der Waals surface area contributed by atoms with Gasteiger partial charge in [0.1, 0.15) is 11.5 Å². The molecular formula is C13H18BrNO4. The number of hydrogen-bond donors (Lipinski definition) is 2. The highest BCUT2D eigenvalue weighted by atomic mass is 79.9. The number of ether oxygens (including phenoxy) is 2. The molecule has 106 valence electrons. The van der Waals surface area contributed by atoms with E-state index in [0.29, 0.717) is 28.0 Å². The quantitative estimate of drug-likeness (QED) is 0.836. The molecule has 0 saturated carbocycles. The summed E-state index contributed by atoms with van der Waals surface area (Å²) in [7, 11) is 3.02. The van der Waals surface area contributed by atoms with E-state index in [9.17, 15) is 4.79 Å². The Kier molecular flexibility index (Phi) is 6.11. The second kappa shape index (κ2) is 7.35. The molecule has 0 aliphatic rings. The maximum Gasteiger partial charge on any atom is 0.255 e. The van der Waals surface area contributed by atoms with Gasteiger partial charge in [-0.15, -0.1) is 0 Å². The highest BCUT2D eigenvalue weighted by Gasteiger charge is 2.19. The standard InChI is InChI=1S/C13H18BrNO4/c1-4-8(7-16)15-13(17)10-5-9(18-2)6-11(14)12(10)19-3/h5-6,8,16H,4,7H2,1-3H3,(H,15,17). The molecule has 0 bridgehead atoms. The van der Waals surface area contributed by atoms with E-state index in [0.717, 1.165) is 0 Å². The third kappa shape index (κ3) is 3.84. The Morgan fingerprint density at radius 1 is 1.42 bits per heavy atom. The van der Waals surface area contributed by atoms with Crippen LogP contribution < -0.4 is 14.8 Å². The molecule has 0 fully saturated rings. The first-order valence-electron chi connectivity index (χ1n) is 5.90. The number of rotatable bonds is 6. The van der Waals surface area contributed by atoms with Gasteiger partial charge < -0.3 is 19.9 Å². The van der Waals surface area contributed by atoms with Crippen molar-refractivity contribution in [1.82, 2.24) is 5.32 Å². The summed E-state index contributed by atoms with van der Waals surface area (Å²) in [5.41, 5.74) is 0.362. The molecule has 1 amide bonds. The van der Waals surface area contributed by atoms with E-state index in [1.165, 1.54) is 14.2 Å². The maximum atomic E-state index is 12.2. The summed E-state index contributed by atoms with van der Waals surface area (Å²) in [5, 5.41) is 11.9. The van der Waals surface area contributed by atoms with Gasteiger partial charge in [-0.3, -0.25) is 4.79 Å². The summed E-state index contributed by atoms with van der Waals surface area (Å²) in [6.07, 6.45) is 0.649. The van der Waals surface area contributed by atoms with Crippen LogP contribution in [0.25, 0.3) is 0 Å². The Bertz CT molecular complexity index is 447. The van der Waals surface area contributed by atoms with Crippen LogP contribution in [0.15, 0.2) is 16.6 Å². The number of amides is 1. The monoisotopic (exact) mass is 331 g/mol. The van der Waals surface area contributed by atoms with Gasteiger partial charge in [0.15, 0.2) is 0 Å². The highest BCUT2D eigenvalue weighted by Crippen LogP contribution is 2.33. The van der Waals surface area contributed by atoms with Crippen LogP contribution in [0.5, 0.6) is 11.5 Å². The molecule has 1 atom stereocenters. The van der Waals surface area contributed by atoms with Crippen molar-refractivity contribution in [3.8, 4) is 11.5 Å². The summed E-state index contributed by atoms with van der Waals surface area (Å²) >= 11 is 3.33. The number of carbonyl (C=O) groups is 1. The van der Waals surface area contributed by atoms with E-state index >= 15 is 0 Å². The molecule has 0 heterocycles. The summed E-state index contributed by atoms with van der Waals surface area (Å²) in [4.78, 5) is 12.2. The van der Waals surface area contributed by atoms with E-state index in [4.69, 9.17) is 14.6 Å². The van der Waals surface area contributed by atoms with E-state index < -0.39 is 0 Å². The Balaban J connectivity index is 3.09. The predicted octanol–water partition coefficient (Wildman–Crippen LogP) is 1.97. The van der Waals surface area contributed by atoms with Gasteiger partial charge >= 0.3 is 0 Å². The van der Waals surface area contributed by atoms with Crippen molar-refractivity contribution < 1.29 is 19.4 Å². The van der Waals surface area contributed by atoms with Gasteiger partial charge in [-0.05, 0) is 34.5 Å². The van der Waals surface area contributed by atoms with Crippen molar-refractivity contribution in [2.45, 2.75) is 19.4 Å². The van der Waals surface area contributed by atoms with Crippen LogP contribution in [0.3, 0.4) is 0 Å². The van der Waals surface area contributed by atoms with Crippen LogP contribution in [0.2, 0.25) is 0 Å². The summed E-state index contributed by atoms with van der Waals surface area (Å²) in [5.74, 6) is 0.679. The second-order valence-electron chi connectivity index (χ2n) is 3.95. The molecule has 0 aliphatic carbocycles. The number of carbonyl (C=O) groups excluding carboxylic acids is 1. The normalized spacial score (nSPS) is 11.8. The fraction of sp³-hybridized carbons (Fsp3) is 0.462. The smallest absolute Gasteiger partial charge is 0.255 e. The first kappa shape index (κ1) is 15.8. The van der Waals surface area contributed by atoms with Crippen LogP contribution >= 0.6 is 15.9 Å². The lowest BCUT2D eigenvalue weighted by atomic mass is 10.1. The molecule has 0 aliphatic heterocycles. The molecule has 0 aromatic heterocycles. The molecule has 1 unspecified atom stereocenters. The average Bonchev–Trinajstić information content (AvgIpc) is 2.43. The largest absolute Gasteiger partial charge is 0.497 e. The third-order valence-electron chi connectivity index (χ3n) is 2.75. The first-order valence-corrected chi connectivity index (χ1v) is 6.69. The third-order valence-corrected chi connectivity index (χ3v) is 3.34. The van der Waals surface area contributed by atoms with Gasteiger partial charge in [0.05, 0.1) is 36.9 Å². The van der Waals surface area contributed by atoms with E-state index in [2.05, 4.69) is 21.2 Å². The molecule has 2 N–H and O–H groups in total. The summed E-state index contributed by atoms with van der Waals surface area (Å²) < 4.78 is 11.0. The molecule has 0 spiro atoms. The van der Waals surface area contributed by atoms with Gasteiger partial charge in [-0.1, -0.05) is 6.92 Å². The molecule has 1 rings (SSSR count). The molecule has 0 saturated heterocycles. The van der Waals surface area contributed by atoms with Crippen LogP contribution in [0.1, 0.15) is 23.7 Å². The Morgan fingerprint density at radius 2 is 2.11 bits per heavy atom. The van der Waals surface area contributed by atoms with Gasteiger partial charge in [-0.2, -0.15) is 0 Å². The van der Waals surface area contributed by atoms with Crippen molar-refractivity contribution in [3.05, 3.63) is 22.2 Å². The molecule has 19 heavy (non-hydrogen) atoms. The van der Waals surface area contributed by atoms with Crippen molar-refractivity contribution in [3.63, 3.8) is 0 Å². The second-order valence-corrected chi connectivity index (χ2v) is 4.81. The van der Waals surface area contributed by atoms with E-state index in [1.807, 2.05) is 6.92 Å². The van der Waals surface area contributed by atoms with Crippen LogP contribution in [0, 0.1) is 0 Å². The Morgan fingerprint density at radius 3 is 2.58 bits per heavy atom. The molecule has 5 nitrogen and oxygen atoms in total. The van der Waals surface area contributed by atoms with Crippen LogP contribution in [-0.2, 0) is 0 Å². The fourth-order valence-corrected chi connectivity index (χ4v) is 2.20. The van der Waals surface area contributed by atoms with Gasteiger partial charge in [-0.25, -0.2) is 0 Å². The summed E-state index contributed by atoms with van der Waals surface area (Å²) in [6, 6.07) is 3.05. The SMILES string of the molecule is CCC(CO)NC(=O)c1cc(OC)cc(Br)c1OC.